The molecule has 1 rings (SSSR count). The number of hydrogen-bond acceptors (Lipinski definition) is 6. The van der Waals surface area contributed by atoms with E-state index in [1.54, 1.807) is 0 Å². The highest BCUT2D eigenvalue weighted by Gasteiger charge is 2.19. The Bertz CT molecular complexity index is 496. The van der Waals surface area contributed by atoms with Crippen LogP contribution in [0.15, 0.2) is 18.2 Å². The first kappa shape index (κ1) is 11.2. The van der Waals surface area contributed by atoms with E-state index in [1.165, 1.54) is 0 Å². The second-order valence-electron chi connectivity index (χ2n) is 2.49. The van der Waals surface area contributed by atoms with Crippen molar-refractivity contribution in [3.8, 4) is 11.5 Å². The van der Waals surface area contributed by atoms with Crippen molar-refractivity contribution in [2.45, 2.75) is 0 Å². The zero-order chi connectivity index (χ0) is 11.6. The molecule has 0 unspecified atom stereocenters. The molecular formula is C6H6N2O6S. The standard InChI is InChI=1S/C6H6N2O6S/c7-15(12,13)14-6-3-4(9)1-2-5(6)8(10)11/h1-3,9H,(H2,7,12,13). The lowest BCUT2D eigenvalue weighted by Crippen LogP contribution is -2.19. The monoisotopic (exact) mass is 234 g/mol. The molecule has 9 heteroatoms. The van der Waals surface area contributed by atoms with Crippen LogP contribution < -0.4 is 9.32 Å². The minimum absolute atomic E-state index is 0.376. The van der Waals surface area contributed by atoms with Gasteiger partial charge in [0.05, 0.1) is 4.92 Å². The minimum Gasteiger partial charge on any atom is -0.508 e. The summed E-state index contributed by atoms with van der Waals surface area (Å²) in [7, 11) is -4.37. The normalized spacial score (nSPS) is 11.0. The fourth-order valence-corrected chi connectivity index (χ4v) is 1.23. The average molecular weight is 234 g/mol. The fourth-order valence-electron chi connectivity index (χ4n) is 0.846. The fraction of sp³-hybridized carbons (Fsp3) is 0. The second-order valence-corrected chi connectivity index (χ2v) is 3.64. The summed E-state index contributed by atoms with van der Waals surface area (Å²) in [6.45, 7) is 0. The molecule has 0 amide bonds. The summed E-state index contributed by atoms with van der Waals surface area (Å²) in [5.74, 6) is -1.01. The maximum absolute atomic E-state index is 10.5. The van der Waals surface area contributed by atoms with Crippen molar-refractivity contribution in [3.63, 3.8) is 0 Å². The average Bonchev–Trinajstić information content (AvgIpc) is 1.99. The third-order valence-electron chi connectivity index (χ3n) is 1.35. The third-order valence-corrected chi connectivity index (χ3v) is 1.76. The quantitative estimate of drug-likeness (QED) is 0.553. The van der Waals surface area contributed by atoms with E-state index in [9.17, 15) is 18.5 Å². The molecule has 0 spiro atoms. The SMILES string of the molecule is NS(=O)(=O)Oc1cc(O)ccc1[N+](=O)[O-]. The van der Waals surface area contributed by atoms with Gasteiger partial charge in [0.2, 0.25) is 5.75 Å². The van der Waals surface area contributed by atoms with Crippen molar-refractivity contribution in [3.05, 3.63) is 28.3 Å². The molecule has 3 N–H and O–H groups in total. The van der Waals surface area contributed by atoms with Gasteiger partial charge >= 0.3 is 16.0 Å². The lowest BCUT2D eigenvalue weighted by molar-refractivity contribution is -0.385. The van der Waals surface area contributed by atoms with Crippen LogP contribution in [-0.4, -0.2) is 18.4 Å². The number of nitro groups is 1. The molecule has 82 valence electrons. The Kier molecular flexibility index (Phi) is 2.77. The summed E-state index contributed by atoms with van der Waals surface area (Å²) >= 11 is 0. The molecule has 1 aromatic carbocycles. The Labute approximate surface area is 84.3 Å². The zero-order valence-electron chi connectivity index (χ0n) is 7.15. The van der Waals surface area contributed by atoms with Crippen LogP contribution in [0.2, 0.25) is 0 Å². The van der Waals surface area contributed by atoms with Gasteiger partial charge in [0.1, 0.15) is 5.75 Å². The number of rotatable bonds is 3. The van der Waals surface area contributed by atoms with Gasteiger partial charge in [-0.15, -0.1) is 0 Å². The summed E-state index contributed by atoms with van der Waals surface area (Å²) in [6.07, 6.45) is 0. The van der Waals surface area contributed by atoms with E-state index in [0.29, 0.717) is 0 Å². The number of aromatic hydroxyl groups is 1. The summed E-state index contributed by atoms with van der Waals surface area (Å²) in [6, 6.07) is 2.70. The molecule has 1 aromatic rings. The van der Waals surface area contributed by atoms with Crippen LogP contribution in [0.4, 0.5) is 5.69 Å². The predicted octanol–water partition coefficient (Wildman–Crippen LogP) is -0.117. The van der Waals surface area contributed by atoms with Crippen molar-refractivity contribution < 1.29 is 22.6 Å². The first-order chi connectivity index (χ1) is 6.79. The lowest BCUT2D eigenvalue weighted by atomic mass is 10.3. The van der Waals surface area contributed by atoms with Crippen molar-refractivity contribution in [1.82, 2.24) is 0 Å². The molecule has 0 aromatic heterocycles. The van der Waals surface area contributed by atoms with Gasteiger partial charge in [-0.1, -0.05) is 0 Å². The number of phenols is 1. The van der Waals surface area contributed by atoms with E-state index >= 15 is 0 Å². The molecule has 0 bridgehead atoms. The van der Waals surface area contributed by atoms with Crippen molar-refractivity contribution >= 4 is 16.0 Å². The van der Waals surface area contributed by atoms with E-state index in [0.717, 1.165) is 18.2 Å². The highest BCUT2D eigenvalue weighted by atomic mass is 32.2. The van der Waals surface area contributed by atoms with Crippen LogP contribution in [0.5, 0.6) is 11.5 Å². The Morgan fingerprint density at radius 1 is 1.47 bits per heavy atom. The van der Waals surface area contributed by atoms with E-state index in [2.05, 4.69) is 9.32 Å². The largest absolute Gasteiger partial charge is 0.508 e. The predicted molar refractivity (Wildman–Crippen MR) is 48.5 cm³/mol. The Morgan fingerprint density at radius 3 is 2.53 bits per heavy atom. The van der Waals surface area contributed by atoms with Gasteiger partial charge in [0, 0.05) is 12.1 Å². The van der Waals surface area contributed by atoms with Crippen LogP contribution in [0.25, 0.3) is 0 Å². The number of nitrogens with two attached hydrogens (primary N) is 1. The van der Waals surface area contributed by atoms with Gasteiger partial charge in [-0.2, -0.15) is 13.6 Å². The van der Waals surface area contributed by atoms with Gasteiger partial charge in [-0.25, -0.2) is 0 Å². The molecule has 0 aliphatic rings. The first-order valence-electron chi connectivity index (χ1n) is 3.49. The topological polar surface area (TPSA) is 133 Å². The molecule has 0 saturated carbocycles. The van der Waals surface area contributed by atoms with Crippen LogP contribution in [0.1, 0.15) is 0 Å². The molecule has 0 fully saturated rings. The summed E-state index contributed by atoms with van der Waals surface area (Å²) in [5.41, 5.74) is -0.609. The van der Waals surface area contributed by atoms with Crippen molar-refractivity contribution in [2.24, 2.45) is 5.14 Å². The highest BCUT2D eigenvalue weighted by molar-refractivity contribution is 7.84. The number of phenolic OH excluding ortho intramolecular Hbond substituents is 1. The van der Waals surface area contributed by atoms with Gasteiger partial charge < -0.3 is 9.29 Å². The number of benzene rings is 1. The molecule has 0 saturated heterocycles. The Morgan fingerprint density at radius 2 is 2.07 bits per heavy atom. The van der Waals surface area contributed by atoms with Crippen molar-refractivity contribution in [2.75, 3.05) is 0 Å². The summed E-state index contributed by atoms with van der Waals surface area (Å²) in [5, 5.41) is 23.9. The summed E-state index contributed by atoms with van der Waals surface area (Å²) < 4.78 is 25.2. The van der Waals surface area contributed by atoms with Gasteiger partial charge in [0.15, 0.2) is 0 Å². The van der Waals surface area contributed by atoms with Gasteiger partial charge in [0.25, 0.3) is 0 Å². The number of hydrogen-bond donors (Lipinski definition) is 2. The van der Waals surface area contributed by atoms with Gasteiger partial charge in [-0.3, -0.25) is 10.1 Å². The number of nitrogens with zero attached hydrogens (tertiary/aromatic N) is 1. The second kappa shape index (κ2) is 3.71. The van der Waals surface area contributed by atoms with Crippen LogP contribution >= 0.6 is 0 Å². The molecule has 0 atom stereocenters. The van der Waals surface area contributed by atoms with E-state index in [4.69, 9.17) is 5.11 Å². The van der Waals surface area contributed by atoms with E-state index in [-0.39, 0.29) is 5.75 Å². The zero-order valence-corrected chi connectivity index (χ0v) is 7.97. The molecule has 15 heavy (non-hydrogen) atoms. The summed E-state index contributed by atoms with van der Waals surface area (Å²) in [4.78, 5) is 9.57. The molecule has 0 radical (unpaired) electrons. The third kappa shape index (κ3) is 3.07. The molecule has 8 nitrogen and oxygen atoms in total. The molecule has 0 heterocycles. The van der Waals surface area contributed by atoms with Crippen LogP contribution in [0, 0.1) is 10.1 Å². The smallest absolute Gasteiger partial charge is 0.380 e. The minimum atomic E-state index is -4.37. The van der Waals surface area contributed by atoms with Crippen LogP contribution in [0.3, 0.4) is 0 Å². The Hall–Kier alpha value is -1.87. The molecule has 0 aliphatic carbocycles. The van der Waals surface area contributed by atoms with E-state index in [1.807, 2.05) is 0 Å². The van der Waals surface area contributed by atoms with Crippen molar-refractivity contribution in [1.29, 1.82) is 0 Å². The Balaban J connectivity index is 3.25. The maximum atomic E-state index is 10.5. The van der Waals surface area contributed by atoms with Crippen LogP contribution in [-0.2, 0) is 10.3 Å². The number of nitro benzene ring substituents is 1. The lowest BCUT2D eigenvalue weighted by Gasteiger charge is -2.03. The van der Waals surface area contributed by atoms with Gasteiger partial charge in [-0.05, 0) is 6.07 Å². The maximum Gasteiger partial charge on any atom is 0.380 e. The molecular weight excluding hydrogens is 228 g/mol. The first-order valence-corrected chi connectivity index (χ1v) is 4.96. The molecule has 0 aliphatic heterocycles. The van der Waals surface area contributed by atoms with E-state index < -0.39 is 26.7 Å². The highest BCUT2D eigenvalue weighted by Crippen LogP contribution is 2.30.